The summed E-state index contributed by atoms with van der Waals surface area (Å²) >= 11 is 3.61. The van der Waals surface area contributed by atoms with Gasteiger partial charge in [0.15, 0.2) is 11.6 Å². The Kier molecular flexibility index (Phi) is 11.6. The van der Waals surface area contributed by atoms with Crippen molar-refractivity contribution in [2.75, 3.05) is 13.2 Å². The molecule has 10 nitrogen and oxygen atoms in total. The number of hydrogen-bond donors (Lipinski definition) is 3. The van der Waals surface area contributed by atoms with Gasteiger partial charge in [-0.1, -0.05) is 75.6 Å². The minimum Gasteiger partial charge on any atom is -0.494 e. The van der Waals surface area contributed by atoms with E-state index in [-0.39, 0.29) is 32.0 Å². The monoisotopic (exact) mass is 736 g/mol. The number of azide groups is 1. The highest BCUT2D eigenvalue weighted by atomic mass is 79.9. The van der Waals surface area contributed by atoms with Crippen LogP contribution in [0, 0.1) is 0 Å². The molecule has 4 aromatic carbocycles. The van der Waals surface area contributed by atoms with E-state index in [1.54, 1.807) is 30.3 Å². The summed E-state index contributed by atoms with van der Waals surface area (Å²) in [7, 11) is 0. The number of hydrazine groups is 1. The molecule has 1 aliphatic heterocycles. The predicted octanol–water partition coefficient (Wildman–Crippen LogP) is 7.36. The lowest BCUT2D eigenvalue weighted by Crippen LogP contribution is -2.53. The van der Waals surface area contributed by atoms with Crippen LogP contribution in [0.4, 0.5) is 13.2 Å². The summed E-state index contributed by atoms with van der Waals surface area (Å²) in [6.45, 7) is 0.428. The van der Waals surface area contributed by atoms with E-state index in [9.17, 15) is 18.0 Å². The number of rotatable bonds is 14. The number of nitrogens with one attached hydrogen (secondary N) is 2. The molecule has 1 heterocycles. The zero-order valence-electron chi connectivity index (χ0n) is 26.0. The van der Waals surface area contributed by atoms with Crippen LogP contribution in [0.25, 0.3) is 10.4 Å². The van der Waals surface area contributed by atoms with Gasteiger partial charge in [0.05, 0.1) is 18.7 Å². The number of halogens is 4. The van der Waals surface area contributed by atoms with Crippen LogP contribution in [0.15, 0.2) is 112 Å². The van der Waals surface area contributed by atoms with Gasteiger partial charge < -0.3 is 14.6 Å². The summed E-state index contributed by atoms with van der Waals surface area (Å²) in [6.07, 6.45) is -4.89. The Labute approximate surface area is 288 Å². The third-order valence-electron chi connectivity index (χ3n) is 7.88. The number of nitrogens with zero attached hydrogens (tertiary/aromatic N) is 4. The first kappa shape index (κ1) is 35.4. The SMILES string of the molecule is [N-]=[N+]=NCc1ccccc1C[C@]1(C(=O)NNCc2ccc(C(F)(F)F)cc2)N=C(c2ccc(OCCCO)cc2)O[C@H]1c1ccccc1Br. The molecule has 0 aromatic heterocycles. The summed E-state index contributed by atoms with van der Waals surface area (Å²) in [6, 6.07) is 26.2. The number of benzene rings is 4. The average Bonchev–Trinajstić information content (AvgIpc) is 3.48. The molecule has 0 bridgehead atoms. The standard InChI is InChI=1S/C35H32BrF3N6O4/c36-30-9-4-3-8-29(30)31-34(20-25-6-1-2-7-26(25)22-42-45-40,33(47)44-41-21-23-10-14-27(15-11-23)35(37,38)39)43-32(49-31)24-12-16-28(17-13-24)48-19-5-18-46/h1-4,6-17,31,41,46H,5,18-22H2,(H,44,47)/t31-,34-/m0/s1. The molecule has 14 heteroatoms. The smallest absolute Gasteiger partial charge is 0.416 e. The highest BCUT2D eigenvalue weighted by molar-refractivity contribution is 9.10. The minimum absolute atomic E-state index is 0.00843. The summed E-state index contributed by atoms with van der Waals surface area (Å²) in [4.78, 5) is 22.4. The van der Waals surface area contributed by atoms with Gasteiger partial charge in [0.2, 0.25) is 5.90 Å². The maximum Gasteiger partial charge on any atom is 0.416 e. The summed E-state index contributed by atoms with van der Waals surface area (Å²) < 4.78 is 52.1. The van der Waals surface area contributed by atoms with Gasteiger partial charge >= 0.3 is 6.18 Å². The Morgan fingerprint density at radius 1 is 1.02 bits per heavy atom. The van der Waals surface area contributed by atoms with E-state index in [2.05, 4.69) is 36.8 Å². The molecule has 254 valence electrons. The van der Waals surface area contributed by atoms with Crippen LogP contribution >= 0.6 is 15.9 Å². The van der Waals surface area contributed by atoms with Crippen LogP contribution in [0.2, 0.25) is 0 Å². The second-order valence-corrected chi connectivity index (χ2v) is 12.0. The summed E-state index contributed by atoms with van der Waals surface area (Å²) in [5.41, 5.74) is 15.4. The van der Waals surface area contributed by atoms with Crippen LogP contribution in [0.3, 0.4) is 0 Å². The third kappa shape index (κ3) is 8.59. The van der Waals surface area contributed by atoms with Crippen LogP contribution in [-0.2, 0) is 35.2 Å². The molecular weight excluding hydrogens is 705 g/mol. The average molecular weight is 738 g/mol. The van der Waals surface area contributed by atoms with Crippen molar-refractivity contribution in [1.29, 1.82) is 0 Å². The van der Waals surface area contributed by atoms with Crippen LogP contribution < -0.4 is 15.6 Å². The molecule has 5 rings (SSSR count). The van der Waals surface area contributed by atoms with Gasteiger partial charge in [-0.05, 0) is 64.7 Å². The first-order valence-electron chi connectivity index (χ1n) is 15.3. The fourth-order valence-electron chi connectivity index (χ4n) is 5.38. The van der Waals surface area contributed by atoms with Crippen molar-refractivity contribution in [1.82, 2.24) is 10.9 Å². The Bertz CT molecular complexity index is 1830. The molecule has 49 heavy (non-hydrogen) atoms. The van der Waals surface area contributed by atoms with Gasteiger partial charge in [-0.3, -0.25) is 10.2 Å². The molecular formula is C35H32BrF3N6O4. The lowest BCUT2D eigenvalue weighted by Gasteiger charge is -2.32. The van der Waals surface area contributed by atoms with Crippen molar-refractivity contribution in [3.63, 3.8) is 0 Å². The Balaban J connectivity index is 1.53. The zero-order chi connectivity index (χ0) is 34.9. The number of alkyl halides is 3. The first-order valence-corrected chi connectivity index (χ1v) is 16.1. The summed E-state index contributed by atoms with van der Waals surface area (Å²) in [5, 5.41) is 12.8. The van der Waals surface area contributed by atoms with Gasteiger partial charge in [-0.25, -0.2) is 10.4 Å². The molecule has 4 aromatic rings. The minimum atomic E-state index is -4.46. The highest BCUT2D eigenvalue weighted by Crippen LogP contribution is 2.45. The molecule has 0 fully saturated rings. The summed E-state index contributed by atoms with van der Waals surface area (Å²) in [5.74, 6) is 0.229. The van der Waals surface area contributed by atoms with Crippen molar-refractivity contribution >= 4 is 27.7 Å². The van der Waals surface area contributed by atoms with E-state index in [1.165, 1.54) is 12.1 Å². The molecule has 0 saturated carbocycles. The molecule has 2 atom stereocenters. The Hall–Kier alpha value is -4.88. The lowest BCUT2D eigenvalue weighted by molar-refractivity contribution is -0.137. The molecule has 1 aliphatic rings. The van der Waals surface area contributed by atoms with Gasteiger partial charge in [0, 0.05) is 46.5 Å². The van der Waals surface area contributed by atoms with Crippen LogP contribution in [0.1, 0.15) is 45.9 Å². The van der Waals surface area contributed by atoms with Crippen LogP contribution in [0.5, 0.6) is 5.75 Å². The van der Waals surface area contributed by atoms with Crippen molar-refractivity contribution in [3.05, 3.63) is 145 Å². The fraction of sp³-hybridized carbons (Fsp3) is 0.257. The van der Waals surface area contributed by atoms with E-state index in [0.29, 0.717) is 51.1 Å². The number of ether oxygens (including phenoxy) is 2. The quantitative estimate of drug-likeness (QED) is 0.0408. The molecule has 0 aliphatic carbocycles. The Morgan fingerprint density at radius 2 is 1.71 bits per heavy atom. The number of aliphatic hydroxyl groups is 1. The van der Waals surface area contributed by atoms with E-state index < -0.39 is 29.3 Å². The third-order valence-corrected chi connectivity index (χ3v) is 8.60. The molecule has 0 radical (unpaired) electrons. The van der Waals surface area contributed by atoms with E-state index in [0.717, 1.165) is 12.1 Å². The normalized spacial score (nSPS) is 17.1. The number of hydrogen-bond acceptors (Lipinski definition) is 7. The number of carbonyl (C=O) groups excluding carboxylic acids is 1. The number of carbonyl (C=O) groups is 1. The number of amides is 1. The lowest BCUT2D eigenvalue weighted by atomic mass is 9.81. The van der Waals surface area contributed by atoms with E-state index in [1.807, 2.05) is 42.5 Å². The topological polar surface area (TPSA) is 141 Å². The highest BCUT2D eigenvalue weighted by Gasteiger charge is 2.54. The molecule has 1 amide bonds. The van der Waals surface area contributed by atoms with Crippen LogP contribution in [-0.4, -0.2) is 35.7 Å². The molecule has 0 spiro atoms. The van der Waals surface area contributed by atoms with Crippen molar-refractivity contribution in [3.8, 4) is 5.75 Å². The largest absolute Gasteiger partial charge is 0.494 e. The zero-order valence-corrected chi connectivity index (χ0v) is 27.6. The van der Waals surface area contributed by atoms with E-state index >= 15 is 0 Å². The van der Waals surface area contributed by atoms with Gasteiger partial charge in [-0.2, -0.15) is 13.2 Å². The maximum absolute atomic E-state index is 14.5. The van der Waals surface area contributed by atoms with Gasteiger partial charge in [0.1, 0.15) is 5.75 Å². The molecule has 0 saturated heterocycles. The number of aliphatic hydroxyl groups excluding tert-OH is 1. The second kappa shape index (κ2) is 16.0. The van der Waals surface area contributed by atoms with Gasteiger partial charge in [-0.15, -0.1) is 0 Å². The van der Waals surface area contributed by atoms with Crippen molar-refractivity contribution < 1.29 is 32.5 Å². The molecule has 0 unspecified atom stereocenters. The van der Waals surface area contributed by atoms with E-state index in [4.69, 9.17) is 25.1 Å². The first-order chi connectivity index (χ1) is 23.6. The van der Waals surface area contributed by atoms with Gasteiger partial charge in [0.25, 0.3) is 5.91 Å². The Morgan fingerprint density at radius 3 is 2.39 bits per heavy atom. The number of aliphatic imine (C=N–C) groups is 1. The maximum atomic E-state index is 14.5. The molecule has 3 N–H and O–H groups in total. The predicted molar refractivity (Wildman–Crippen MR) is 180 cm³/mol. The fourth-order valence-corrected chi connectivity index (χ4v) is 5.87. The van der Waals surface area contributed by atoms with Crippen molar-refractivity contribution in [2.24, 2.45) is 10.1 Å². The second-order valence-electron chi connectivity index (χ2n) is 11.1. The van der Waals surface area contributed by atoms with Crippen molar-refractivity contribution in [2.45, 2.75) is 43.8 Å².